The first-order valence-electron chi connectivity index (χ1n) is 27.8. The number of carboxylic acid groups (broad SMARTS) is 1. The first kappa shape index (κ1) is 64.2. The minimum absolute atomic E-state index is 0.185. The van der Waals surface area contributed by atoms with Crippen molar-refractivity contribution in [2.75, 3.05) is 47.5 Å². The van der Waals surface area contributed by atoms with Crippen LogP contribution in [-0.4, -0.2) is 87.4 Å². The molecule has 0 aromatic rings. The van der Waals surface area contributed by atoms with Crippen molar-refractivity contribution in [3.05, 3.63) is 48.6 Å². The van der Waals surface area contributed by atoms with E-state index in [1.165, 1.54) is 161 Å². The third-order valence-corrected chi connectivity index (χ3v) is 12.1. The monoisotopic (exact) mass is 945 g/mol. The molecule has 0 aliphatic carbocycles. The second-order valence-corrected chi connectivity index (χ2v) is 19.9. The molecule has 390 valence electrons. The fraction of sp³-hybridized carbons (Fsp3) is 0.810. The smallest absolute Gasteiger partial charge is 0.361 e. The van der Waals surface area contributed by atoms with E-state index in [0.717, 1.165) is 51.4 Å². The Morgan fingerprint density at radius 3 is 1.18 bits per heavy atom. The Morgan fingerprint density at radius 2 is 0.806 bits per heavy atom. The fourth-order valence-electron chi connectivity index (χ4n) is 7.72. The summed E-state index contributed by atoms with van der Waals surface area (Å²) in [6.45, 7) is 4.87. The molecule has 0 heterocycles. The number of carbonyl (C=O) groups is 3. The van der Waals surface area contributed by atoms with Crippen LogP contribution in [0.1, 0.15) is 245 Å². The zero-order valence-corrected chi connectivity index (χ0v) is 44.3. The number of hydrogen-bond acceptors (Lipinski definition) is 7. The summed E-state index contributed by atoms with van der Waals surface area (Å²) in [5.74, 6) is -2.01. The van der Waals surface area contributed by atoms with Crippen LogP contribution in [0.15, 0.2) is 48.6 Å². The van der Waals surface area contributed by atoms with Gasteiger partial charge >= 0.3 is 17.9 Å². The molecular formula is C58H106NO8+. The lowest BCUT2D eigenvalue weighted by Gasteiger charge is -2.25. The number of rotatable bonds is 51. The van der Waals surface area contributed by atoms with Crippen molar-refractivity contribution in [2.24, 2.45) is 0 Å². The molecule has 0 radical (unpaired) electrons. The number of carbonyl (C=O) groups excluding carboxylic acids is 2. The van der Waals surface area contributed by atoms with Gasteiger partial charge in [-0.1, -0.05) is 204 Å². The molecule has 0 saturated heterocycles. The Morgan fingerprint density at radius 1 is 0.448 bits per heavy atom. The average Bonchev–Trinajstić information content (AvgIpc) is 3.29. The van der Waals surface area contributed by atoms with Gasteiger partial charge in [0, 0.05) is 12.8 Å². The van der Waals surface area contributed by atoms with Crippen LogP contribution in [0.2, 0.25) is 0 Å². The molecule has 0 fully saturated rings. The van der Waals surface area contributed by atoms with Crippen LogP contribution in [0.25, 0.3) is 0 Å². The van der Waals surface area contributed by atoms with Gasteiger partial charge in [0.1, 0.15) is 13.2 Å². The largest absolute Gasteiger partial charge is 0.477 e. The van der Waals surface area contributed by atoms with Crippen LogP contribution in [-0.2, 0) is 33.3 Å². The van der Waals surface area contributed by atoms with Crippen molar-refractivity contribution in [1.82, 2.24) is 0 Å². The number of allylic oxidation sites excluding steroid dienone is 8. The molecule has 0 aliphatic heterocycles. The molecule has 0 spiro atoms. The summed E-state index contributed by atoms with van der Waals surface area (Å²) in [7, 11) is 5.96. The van der Waals surface area contributed by atoms with E-state index in [1.54, 1.807) is 0 Å². The average molecular weight is 945 g/mol. The van der Waals surface area contributed by atoms with E-state index in [4.69, 9.17) is 18.9 Å². The molecule has 67 heavy (non-hydrogen) atoms. The maximum Gasteiger partial charge on any atom is 0.361 e. The number of unbranched alkanes of at least 4 members (excludes halogenated alkanes) is 28. The van der Waals surface area contributed by atoms with Gasteiger partial charge < -0.3 is 28.5 Å². The molecule has 0 aliphatic rings. The highest BCUT2D eigenvalue weighted by molar-refractivity contribution is 5.71. The topological polar surface area (TPSA) is 108 Å². The molecule has 0 bridgehead atoms. The van der Waals surface area contributed by atoms with Crippen molar-refractivity contribution >= 4 is 17.9 Å². The molecule has 9 nitrogen and oxygen atoms in total. The minimum atomic E-state index is -1.51. The maximum atomic E-state index is 12.9. The standard InChI is InChI=1S/C58H105NO8/c1-6-8-10-12-14-16-18-20-22-24-26-28-30-32-34-36-38-40-42-44-46-48-55(60)65-52-54(53-66-58(57(62)63)64-51-50-59(3,4)5)67-56(61)49-47-45-43-41-39-37-35-33-31-29-27-25-23-21-19-17-15-13-11-9-7-2/h18-21,24-27,54,58H,6-17,22-23,28-53H2,1-5H3/p+1/b20-18-,21-19-,26-24-,27-25-. The minimum Gasteiger partial charge on any atom is -0.477 e. The summed E-state index contributed by atoms with van der Waals surface area (Å²) in [6, 6.07) is 0. The van der Waals surface area contributed by atoms with Crippen molar-refractivity contribution < 1.29 is 42.9 Å². The number of aliphatic carboxylic acids is 1. The molecule has 0 saturated carbocycles. The first-order valence-corrected chi connectivity index (χ1v) is 27.8. The third-order valence-electron chi connectivity index (χ3n) is 12.1. The fourth-order valence-corrected chi connectivity index (χ4v) is 7.72. The first-order chi connectivity index (χ1) is 32.6. The zero-order chi connectivity index (χ0) is 49.2. The van der Waals surface area contributed by atoms with E-state index in [-0.39, 0.29) is 32.2 Å². The van der Waals surface area contributed by atoms with Gasteiger partial charge in [0.2, 0.25) is 0 Å². The molecule has 0 aromatic heterocycles. The summed E-state index contributed by atoms with van der Waals surface area (Å²) in [4.78, 5) is 37.4. The lowest BCUT2D eigenvalue weighted by Crippen LogP contribution is -2.40. The Hall–Kier alpha value is -2.75. The summed E-state index contributed by atoms with van der Waals surface area (Å²) in [6.07, 6.45) is 57.4. The number of ether oxygens (including phenoxy) is 4. The molecule has 0 aromatic carbocycles. The van der Waals surface area contributed by atoms with Gasteiger partial charge in [0.05, 0.1) is 34.4 Å². The van der Waals surface area contributed by atoms with Gasteiger partial charge in [0.15, 0.2) is 6.10 Å². The number of carboxylic acids is 1. The van der Waals surface area contributed by atoms with E-state index < -0.39 is 24.3 Å². The quantitative estimate of drug-likeness (QED) is 0.0211. The highest BCUT2D eigenvalue weighted by Gasteiger charge is 2.25. The van der Waals surface area contributed by atoms with Crippen LogP contribution >= 0.6 is 0 Å². The number of quaternary nitrogens is 1. The summed E-state index contributed by atoms with van der Waals surface area (Å²) in [5, 5.41) is 9.69. The van der Waals surface area contributed by atoms with Crippen molar-refractivity contribution in [2.45, 2.75) is 257 Å². The summed E-state index contributed by atoms with van der Waals surface area (Å²) >= 11 is 0. The van der Waals surface area contributed by atoms with Crippen molar-refractivity contribution in [3.8, 4) is 0 Å². The number of likely N-dealkylation sites (N-methyl/N-ethyl adjacent to an activating group) is 1. The lowest BCUT2D eigenvalue weighted by molar-refractivity contribution is -0.870. The van der Waals surface area contributed by atoms with Gasteiger partial charge in [-0.2, -0.15) is 0 Å². The molecule has 2 atom stereocenters. The number of nitrogens with zero attached hydrogens (tertiary/aromatic N) is 1. The highest BCUT2D eigenvalue weighted by Crippen LogP contribution is 2.15. The summed E-state index contributed by atoms with van der Waals surface area (Å²) < 4.78 is 22.9. The van der Waals surface area contributed by atoms with Crippen LogP contribution < -0.4 is 0 Å². The predicted molar refractivity (Wildman–Crippen MR) is 281 cm³/mol. The van der Waals surface area contributed by atoms with Gasteiger partial charge in [-0.15, -0.1) is 0 Å². The second-order valence-electron chi connectivity index (χ2n) is 19.9. The van der Waals surface area contributed by atoms with E-state index in [1.807, 2.05) is 21.1 Å². The van der Waals surface area contributed by atoms with E-state index >= 15 is 0 Å². The van der Waals surface area contributed by atoms with Gasteiger partial charge in [-0.3, -0.25) is 9.59 Å². The van der Waals surface area contributed by atoms with Gasteiger partial charge in [0.25, 0.3) is 6.29 Å². The zero-order valence-electron chi connectivity index (χ0n) is 44.3. The Kier molecular flexibility index (Phi) is 47.6. The Bertz CT molecular complexity index is 1240. The van der Waals surface area contributed by atoms with Crippen molar-refractivity contribution in [1.29, 1.82) is 0 Å². The molecule has 0 amide bonds. The molecular weight excluding hydrogens is 839 g/mol. The molecule has 0 rings (SSSR count). The Balaban J connectivity index is 4.30. The van der Waals surface area contributed by atoms with Crippen LogP contribution in [0.5, 0.6) is 0 Å². The second kappa shape index (κ2) is 49.7. The number of hydrogen-bond donors (Lipinski definition) is 1. The third kappa shape index (κ3) is 50.9. The Labute approximate surface area is 412 Å². The van der Waals surface area contributed by atoms with Gasteiger partial charge in [-0.25, -0.2) is 4.79 Å². The van der Waals surface area contributed by atoms with E-state index in [9.17, 15) is 19.5 Å². The van der Waals surface area contributed by atoms with Gasteiger partial charge in [-0.05, 0) is 77.0 Å². The highest BCUT2D eigenvalue weighted by atomic mass is 16.7. The molecule has 2 unspecified atom stereocenters. The van der Waals surface area contributed by atoms with Crippen LogP contribution in [0, 0.1) is 0 Å². The number of esters is 2. The summed E-state index contributed by atoms with van der Waals surface area (Å²) in [5.41, 5.74) is 0. The molecule has 1 N–H and O–H groups in total. The SMILES string of the molecule is CCCCCCC/C=C\C/C=C\CCCCCCCCCCCC(=O)OCC(COC(OCC[N+](C)(C)C)C(=O)O)OC(=O)CCCCCCCCCCC/C=C\C/C=C\CCCCCCC. The van der Waals surface area contributed by atoms with Crippen LogP contribution in [0.4, 0.5) is 0 Å². The lowest BCUT2D eigenvalue weighted by atomic mass is 10.1. The normalized spacial score (nSPS) is 13.1. The maximum absolute atomic E-state index is 12.9. The predicted octanol–water partition coefficient (Wildman–Crippen LogP) is 15.9. The van der Waals surface area contributed by atoms with E-state index in [0.29, 0.717) is 23.9 Å². The van der Waals surface area contributed by atoms with E-state index in [2.05, 4.69) is 62.5 Å². The van der Waals surface area contributed by atoms with Crippen LogP contribution in [0.3, 0.4) is 0 Å². The molecule has 9 heteroatoms. The van der Waals surface area contributed by atoms with Crippen molar-refractivity contribution in [3.63, 3.8) is 0 Å².